The summed E-state index contributed by atoms with van der Waals surface area (Å²) in [5.41, 5.74) is 4.17. The molecule has 4 rings (SSSR count). The smallest absolute Gasteiger partial charge is 0.155 e. The topological polar surface area (TPSA) is 61.6 Å². The Kier molecular flexibility index (Phi) is 3.01. The molecule has 118 valence electrons. The van der Waals surface area contributed by atoms with E-state index in [1.807, 2.05) is 30.7 Å². The van der Waals surface area contributed by atoms with Gasteiger partial charge in [-0.05, 0) is 11.5 Å². The molecule has 0 aliphatic carbocycles. The van der Waals surface area contributed by atoms with Gasteiger partial charge in [0.2, 0.25) is 0 Å². The fourth-order valence-corrected chi connectivity index (χ4v) is 2.99. The van der Waals surface area contributed by atoms with E-state index in [1.54, 1.807) is 10.7 Å². The Morgan fingerprint density at radius 1 is 1.26 bits per heavy atom. The van der Waals surface area contributed by atoms with Gasteiger partial charge >= 0.3 is 0 Å². The quantitative estimate of drug-likeness (QED) is 0.791. The lowest BCUT2D eigenvalue weighted by Crippen LogP contribution is -2.35. The standard InChI is InChI=1S/C17H20N6/c1-17(2,3)10-22-11-18-8-13-12(9-19-16(13)22)14-5-7-23-15(21-14)4-6-20-23/h4-9,19H,10-11H2,1-3H3. The van der Waals surface area contributed by atoms with Crippen molar-refractivity contribution >= 4 is 17.7 Å². The highest BCUT2D eigenvalue weighted by atomic mass is 15.3. The van der Waals surface area contributed by atoms with Crippen LogP contribution in [0.25, 0.3) is 16.9 Å². The SMILES string of the molecule is CC(C)(C)CN1CN=Cc2c(-c3ccn4nccc4n3)c[nH]c21. The minimum Gasteiger partial charge on any atom is -0.347 e. The molecule has 6 nitrogen and oxygen atoms in total. The first-order valence-electron chi connectivity index (χ1n) is 7.78. The van der Waals surface area contributed by atoms with Gasteiger partial charge in [0.25, 0.3) is 0 Å². The molecule has 1 aliphatic heterocycles. The van der Waals surface area contributed by atoms with Crippen LogP contribution < -0.4 is 4.90 Å². The number of aliphatic imine (C=N–C) groups is 1. The van der Waals surface area contributed by atoms with E-state index in [-0.39, 0.29) is 5.41 Å². The van der Waals surface area contributed by atoms with Gasteiger partial charge in [-0.3, -0.25) is 4.99 Å². The fourth-order valence-electron chi connectivity index (χ4n) is 2.99. The van der Waals surface area contributed by atoms with Crippen molar-refractivity contribution in [3.8, 4) is 11.3 Å². The molecule has 0 saturated carbocycles. The summed E-state index contributed by atoms with van der Waals surface area (Å²) in [6, 6.07) is 3.89. The number of aromatic amines is 1. The molecule has 1 aliphatic rings. The molecular weight excluding hydrogens is 288 g/mol. The van der Waals surface area contributed by atoms with Crippen molar-refractivity contribution < 1.29 is 0 Å². The minimum atomic E-state index is 0.212. The van der Waals surface area contributed by atoms with Gasteiger partial charge < -0.3 is 9.88 Å². The molecule has 0 radical (unpaired) electrons. The summed E-state index contributed by atoms with van der Waals surface area (Å²) in [6.07, 6.45) is 7.66. The molecule has 6 heteroatoms. The third-order valence-electron chi connectivity index (χ3n) is 3.89. The highest BCUT2D eigenvalue weighted by Crippen LogP contribution is 2.32. The van der Waals surface area contributed by atoms with Crippen LogP contribution >= 0.6 is 0 Å². The van der Waals surface area contributed by atoms with Gasteiger partial charge in [-0.25, -0.2) is 9.50 Å². The molecule has 3 aromatic heterocycles. The molecule has 0 amide bonds. The first-order valence-corrected chi connectivity index (χ1v) is 7.78. The van der Waals surface area contributed by atoms with Gasteiger partial charge in [-0.15, -0.1) is 0 Å². The number of H-pyrrole nitrogens is 1. The van der Waals surface area contributed by atoms with Crippen LogP contribution in [0.5, 0.6) is 0 Å². The van der Waals surface area contributed by atoms with Crippen molar-refractivity contribution in [3.63, 3.8) is 0 Å². The highest BCUT2D eigenvalue weighted by molar-refractivity contribution is 5.97. The van der Waals surface area contributed by atoms with E-state index in [0.717, 1.165) is 34.8 Å². The van der Waals surface area contributed by atoms with Gasteiger partial charge in [-0.2, -0.15) is 5.10 Å². The first kappa shape index (κ1) is 14.0. The van der Waals surface area contributed by atoms with Crippen LogP contribution in [0.1, 0.15) is 26.3 Å². The molecule has 0 unspecified atom stereocenters. The van der Waals surface area contributed by atoms with Crippen molar-refractivity contribution in [2.45, 2.75) is 20.8 Å². The van der Waals surface area contributed by atoms with Gasteiger partial charge in [0.1, 0.15) is 12.5 Å². The van der Waals surface area contributed by atoms with Gasteiger partial charge in [0.05, 0.1) is 11.9 Å². The molecule has 0 aromatic carbocycles. The van der Waals surface area contributed by atoms with Crippen LogP contribution in [-0.4, -0.2) is 39.0 Å². The van der Waals surface area contributed by atoms with E-state index < -0.39 is 0 Å². The van der Waals surface area contributed by atoms with Crippen molar-refractivity contribution in [3.05, 3.63) is 36.3 Å². The van der Waals surface area contributed by atoms with E-state index in [9.17, 15) is 0 Å². The summed E-state index contributed by atoms with van der Waals surface area (Å²) < 4.78 is 1.77. The van der Waals surface area contributed by atoms with Crippen molar-refractivity contribution in [1.29, 1.82) is 0 Å². The van der Waals surface area contributed by atoms with Crippen molar-refractivity contribution in [2.75, 3.05) is 18.1 Å². The molecule has 0 bridgehead atoms. The molecule has 3 aromatic rings. The van der Waals surface area contributed by atoms with E-state index in [4.69, 9.17) is 0 Å². The van der Waals surface area contributed by atoms with Gasteiger partial charge in [0.15, 0.2) is 5.65 Å². The molecule has 0 saturated heterocycles. The predicted molar refractivity (Wildman–Crippen MR) is 92.0 cm³/mol. The lowest BCUT2D eigenvalue weighted by atomic mass is 9.96. The lowest BCUT2D eigenvalue weighted by molar-refractivity contribution is 0.409. The summed E-state index contributed by atoms with van der Waals surface area (Å²) in [5, 5.41) is 4.19. The fraction of sp³-hybridized carbons (Fsp3) is 0.353. The number of fused-ring (bicyclic) bond motifs is 2. The first-order chi connectivity index (χ1) is 11.0. The van der Waals surface area contributed by atoms with Crippen LogP contribution in [0.15, 0.2) is 35.7 Å². The Hall–Kier alpha value is -2.63. The largest absolute Gasteiger partial charge is 0.347 e. The zero-order valence-electron chi connectivity index (χ0n) is 13.6. The van der Waals surface area contributed by atoms with Crippen molar-refractivity contribution in [2.24, 2.45) is 10.4 Å². The van der Waals surface area contributed by atoms with Crippen LogP contribution in [-0.2, 0) is 0 Å². The third-order valence-corrected chi connectivity index (χ3v) is 3.89. The Morgan fingerprint density at radius 2 is 2.13 bits per heavy atom. The van der Waals surface area contributed by atoms with E-state index in [2.05, 4.69) is 45.7 Å². The third kappa shape index (κ3) is 2.50. The van der Waals surface area contributed by atoms with E-state index in [1.165, 1.54) is 0 Å². The van der Waals surface area contributed by atoms with Gasteiger partial charge in [-0.1, -0.05) is 20.8 Å². The Labute approximate surface area is 134 Å². The molecule has 1 N–H and O–H groups in total. The van der Waals surface area contributed by atoms with Crippen LogP contribution in [0.4, 0.5) is 5.82 Å². The molecule has 0 atom stereocenters. The molecule has 23 heavy (non-hydrogen) atoms. The summed E-state index contributed by atoms with van der Waals surface area (Å²) in [4.78, 5) is 14.9. The van der Waals surface area contributed by atoms with Crippen LogP contribution in [0.2, 0.25) is 0 Å². The second kappa shape index (κ2) is 4.94. The second-order valence-electron chi connectivity index (χ2n) is 7.12. The number of hydrogen-bond donors (Lipinski definition) is 1. The summed E-state index contributed by atoms with van der Waals surface area (Å²) in [7, 11) is 0. The predicted octanol–water partition coefficient (Wildman–Crippen LogP) is 2.97. The number of nitrogens with zero attached hydrogens (tertiary/aromatic N) is 5. The maximum absolute atomic E-state index is 4.69. The van der Waals surface area contributed by atoms with Gasteiger partial charge in [0, 0.05) is 42.3 Å². The zero-order chi connectivity index (χ0) is 16.0. The number of nitrogens with one attached hydrogen (secondary N) is 1. The maximum Gasteiger partial charge on any atom is 0.155 e. The lowest BCUT2D eigenvalue weighted by Gasteiger charge is -2.31. The Balaban J connectivity index is 1.76. The normalized spacial score (nSPS) is 14.5. The average Bonchev–Trinajstić information content (AvgIpc) is 3.11. The number of rotatable bonds is 2. The summed E-state index contributed by atoms with van der Waals surface area (Å²) >= 11 is 0. The highest BCUT2D eigenvalue weighted by Gasteiger charge is 2.24. The molecule has 4 heterocycles. The van der Waals surface area contributed by atoms with Crippen molar-refractivity contribution in [1.82, 2.24) is 19.6 Å². The summed E-state index contributed by atoms with van der Waals surface area (Å²) in [6.45, 7) is 8.36. The minimum absolute atomic E-state index is 0.212. The van der Waals surface area contributed by atoms with E-state index in [0.29, 0.717) is 6.67 Å². The Morgan fingerprint density at radius 3 is 2.96 bits per heavy atom. The monoisotopic (exact) mass is 308 g/mol. The number of aromatic nitrogens is 4. The average molecular weight is 308 g/mol. The van der Waals surface area contributed by atoms with Crippen LogP contribution in [0, 0.1) is 5.41 Å². The van der Waals surface area contributed by atoms with E-state index >= 15 is 0 Å². The summed E-state index contributed by atoms with van der Waals surface area (Å²) in [5.74, 6) is 1.13. The second-order valence-corrected chi connectivity index (χ2v) is 7.12. The maximum atomic E-state index is 4.69. The zero-order valence-corrected chi connectivity index (χ0v) is 13.6. The number of hydrogen-bond acceptors (Lipinski definition) is 4. The number of anilines is 1. The van der Waals surface area contributed by atoms with Crippen LogP contribution in [0.3, 0.4) is 0 Å². The molecule has 0 spiro atoms. The molecular formula is C17H20N6. The Bertz CT molecular complexity index is 880. The molecule has 0 fully saturated rings.